The second-order valence-electron chi connectivity index (χ2n) is 3.27. The summed E-state index contributed by atoms with van der Waals surface area (Å²) in [6.45, 7) is 2.61. The molecule has 1 N–H and O–H groups in total. The predicted molar refractivity (Wildman–Crippen MR) is 51.1 cm³/mol. The topological polar surface area (TPSA) is 54.4 Å². The number of hydrogen-bond acceptors (Lipinski definition) is 3. The minimum absolute atomic E-state index is 0.370. The second kappa shape index (κ2) is 18.8. The van der Waals surface area contributed by atoms with Crippen LogP contribution in [0.25, 0.3) is 0 Å². The molecule has 0 aromatic carbocycles. The van der Waals surface area contributed by atoms with Gasteiger partial charge in [-0.05, 0) is 6.42 Å². The van der Waals surface area contributed by atoms with Crippen LogP contribution in [0.3, 0.4) is 0 Å². The molecule has 0 spiro atoms. The van der Waals surface area contributed by atoms with Gasteiger partial charge in [0.1, 0.15) is 0 Å². The average Bonchev–Trinajstić information content (AvgIpc) is 2.18. The van der Waals surface area contributed by atoms with E-state index in [1.54, 1.807) is 0 Å². The van der Waals surface area contributed by atoms with Gasteiger partial charge in [0, 0.05) is 6.61 Å². The van der Waals surface area contributed by atoms with Crippen LogP contribution in [-0.4, -0.2) is 11.7 Å². The molecular weight excluding hydrogens is 219 g/mol. The molecule has 0 radical (unpaired) electrons. The second-order valence-corrected chi connectivity index (χ2v) is 3.51. The predicted octanol–water partition coefficient (Wildman–Crippen LogP) is 2.88. The standard InChI is InChI=1S/C10H22O.2O.V/c1-2-3-4-5-6-7-8-9-10-11;;;/h11H,2-10H2,1H3;;;. The number of hydrogen-bond donors (Lipinski definition) is 1. The minimum atomic E-state index is -1.81. The molecule has 0 aromatic rings. The van der Waals surface area contributed by atoms with Gasteiger partial charge in [0.05, 0.1) is 0 Å². The molecule has 4 heteroatoms. The Labute approximate surface area is 93.8 Å². The van der Waals surface area contributed by atoms with E-state index in [9.17, 15) is 0 Å². The van der Waals surface area contributed by atoms with E-state index in [4.69, 9.17) is 12.5 Å². The van der Waals surface area contributed by atoms with Crippen molar-refractivity contribution in [2.24, 2.45) is 0 Å². The van der Waals surface area contributed by atoms with E-state index in [2.05, 4.69) is 6.92 Å². The first-order valence-corrected chi connectivity index (χ1v) is 6.53. The van der Waals surface area contributed by atoms with Gasteiger partial charge in [-0.3, -0.25) is 0 Å². The van der Waals surface area contributed by atoms with Crippen LogP contribution in [0.2, 0.25) is 0 Å². The molecule has 85 valence electrons. The van der Waals surface area contributed by atoms with Gasteiger partial charge in [-0.25, -0.2) is 0 Å². The molecule has 14 heavy (non-hydrogen) atoms. The van der Waals surface area contributed by atoms with Gasteiger partial charge in [-0.1, -0.05) is 51.9 Å². The summed E-state index contributed by atoms with van der Waals surface area (Å²) in [6.07, 6.45) is 10.4. The molecule has 3 nitrogen and oxygen atoms in total. The molecule has 0 fully saturated rings. The Bertz CT molecular complexity index is 115. The summed E-state index contributed by atoms with van der Waals surface area (Å²) in [6, 6.07) is 0. The first-order valence-electron chi connectivity index (χ1n) is 5.39. The molecule has 0 aliphatic rings. The van der Waals surface area contributed by atoms with E-state index in [0.717, 1.165) is 6.42 Å². The molecule has 0 heterocycles. The van der Waals surface area contributed by atoms with E-state index in [1.807, 2.05) is 0 Å². The van der Waals surface area contributed by atoms with Crippen molar-refractivity contribution in [3.63, 3.8) is 0 Å². The molecule has 0 amide bonds. The fourth-order valence-corrected chi connectivity index (χ4v) is 1.25. The van der Waals surface area contributed by atoms with Gasteiger partial charge in [-0.2, -0.15) is 0 Å². The molecular formula is C10H22O3V. The number of aliphatic hydroxyl groups is 1. The van der Waals surface area contributed by atoms with E-state index >= 15 is 0 Å². The number of aliphatic hydroxyl groups excluding tert-OH is 1. The van der Waals surface area contributed by atoms with Gasteiger partial charge in [0.25, 0.3) is 0 Å². The summed E-state index contributed by atoms with van der Waals surface area (Å²) in [7, 11) is 0. The summed E-state index contributed by atoms with van der Waals surface area (Å²) in [5.74, 6) is 0. The summed E-state index contributed by atoms with van der Waals surface area (Å²) >= 11 is -1.81. The Morgan fingerprint density at radius 1 is 0.857 bits per heavy atom. The molecule has 0 rings (SSSR count). The zero-order valence-corrected chi connectivity index (χ0v) is 10.5. The van der Waals surface area contributed by atoms with Crippen LogP contribution in [0.15, 0.2) is 0 Å². The van der Waals surface area contributed by atoms with Crippen molar-refractivity contribution in [2.45, 2.75) is 58.3 Å². The Morgan fingerprint density at radius 3 is 1.57 bits per heavy atom. The van der Waals surface area contributed by atoms with Crippen LogP contribution in [0.1, 0.15) is 58.3 Å². The van der Waals surface area contributed by atoms with Crippen molar-refractivity contribution in [1.29, 1.82) is 0 Å². The first kappa shape index (κ1) is 16.6. The molecule has 0 unspecified atom stereocenters. The third-order valence-electron chi connectivity index (χ3n) is 2.01. The van der Waals surface area contributed by atoms with E-state index in [0.29, 0.717) is 6.61 Å². The van der Waals surface area contributed by atoms with Crippen molar-refractivity contribution in [3.8, 4) is 0 Å². The normalized spacial score (nSPS) is 8.71. The van der Waals surface area contributed by atoms with Crippen LogP contribution in [0, 0.1) is 0 Å². The molecule has 0 aromatic heterocycles. The molecule has 0 bridgehead atoms. The first-order chi connectivity index (χ1) is 6.83. The molecule has 0 aliphatic heterocycles. The third kappa shape index (κ3) is 22.7. The fourth-order valence-electron chi connectivity index (χ4n) is 1.25. The van der Waals surface area contributed by atoms with E-state index in [-0.39, 0.29) is 0 Å². The van der Waals surface area contributed by atoms with Crippen LogP contribution in [-0.2, 0) is 23.5 Å². The van der Waals surface area contributed by atoms with Crippen molar-refractivity contribution in [3.05, 3.63) is 0 Å². The van der Waals surface area contributed by atoms with Crippen LogP contribution in [0.5, 0.6) is 0 Å². The van der Waals surface area contributed by atoms with Crippen molar-refractivity contribution in [2.75, 3.05) is 6.61 Å². The monoisotopic (exact) mass is 241 g/mol. The van der Waals surface area contributed by atoms with Gasteiger partial charge in [0.15, 0.2) is 0 Å². The van der Waals surface area contributed by atoms with Crippen molar-refractivity contribution < 1.29 is 28.6 Å². The van der Waals surface area contributed by atoms with Gasteiger partial charge in [0.2, 0.25) is 0 Å². The van der Waals surface area contributed by atoms with Crippen LogP contribution >= 0.6 is 0 Å². The molecule has 0 saturated carbocycles. The maximum absolute atomic E-state index is 8.51. The number of rotatable bonds is 8. The quantitative estimate of drug-likeness (QED) is 0.665. The zero-order chi connectivity index (χ0) is 11.1. The molecule has 0 saturated heterocycles. The SMILES string of the molecule is CCCCCCCCCCO.[O]=[V]=[O]. The Balaban J connectivity index is 0. The Morgan fingerprint density at radius 2 is 1.21 bits per heavy atom. The fraction of sp³-hybridized carbons (Fsp3) is 1.00. The average molecular weight is 241 g/mol. The Hall–Kier alpha value is 0.144. The van der Waals surface area contributed by atoms with E-state index in [1.165, 1.54) is 44.9 Å². The third-order valence-corrected chi connectivity index (χ3v) is 2.01. The van der Waals surface area contributed by atoms with Crippen molar-refractivity contribution >= 4 is 0 Å². The summed E-state index contributed by atoms with van der Waals surface area (Å²) < 4.78 is 16.9. The summed E-state index contributed by atoms with van der Waals surface area (Å²) in [5.41, 5.74) is 0. The Kier molecular flexibility index (Phi) is 22.3. The van der Waals surface area contributed by atoms with Gasteiger partial charge < -0.3 is 5.11 Å². The maximum atomic E-state index is 8.51. The molecule has 0 atom stereocenters. The van der Waals surface area contributed by atoms with Gasteiger partial charge >= 0.3 is 23.5 Å². The molecule has 0 aliphatic carbocycles. The number of unbranched alkanes of at least 4 members (excludes halogenated alkanes) is 7. The van der Waals surface area contributed by atoms with Crippen LogP contribution < -0.4 is 0 Å². The van der Waals surface area contributed by atoms with E-state index < -0.39 is 16.2 Å². The van der Waals surface area contributed by atoms with Crippen molar-refractivity contribution in [1.82, 2.24) is 0 Å². The zero-order valence-electron chi connectivity index (χ0n) is 9.07. The summed E-state index contributed by atoms with van der Waals surface area (Å²) in [4.78, 5) is 0. The van der Waals surface area contributed by atoms with Crippen LogP contribution in [0.4, 0.5) is 0 Å². The van der Waals surface area contributed by atoms with Gasteiger partial charge in [-0.15, -0.1) is 0 Å². The summed E-state index contributed by atoms with van der Waals surface area (Å²) in [5, 5.41) is 8.51.